The van der Waals surface area contributed by atoms with Gasteiger partial charge in [0.05, 0.1) is 28.5 Å². The Bertz CT molecular complexity index is 1630. The van der Waals surface area contributed by atoms with Crippen molar-refractivity contribution in [1.82, 2.24) is 5.32 Å². The van der Waals surface area contributed by atoms with Crippen LogP contribution in [0.1, 0.15) is 53.4 Å². The van der Waals surface area contributed by atoms with Crippen LogP contribution in [0.5, 0.6) is 0 Å². The summed E-state index contributed by atoms with van der Waals surface area (Å²) in [6, 6.07) is 0. The molecule has 3 atom stereocenters. The second kappa shape index (κ2) is 11.4. The Kier molecular flexibility index (Phi) is 7.82. The molecule has 0 amide bonds. The first-order chi connectivity index (χ1) is 20.0. The molecule has 0 aliphatic carbocycles. The standard InChI is InChI=1S/C34H36N4O4/c1-7-21-17(3)25-13-26-19(5)23(9-11-33(39)40)31(37-26)16-32-24(10-12-34(41)42)20(6)28(38-32)15-30-22(8-2)18(4)27(36-30)14-29(21)35-25/h7-8,13-17,20-21,38H,1-2,9-12H2,3-6H3,(H,39,40)(H,41,42)/t17-,20+,21+/m1/s1. The number of carbonyl (C=O) groups is 2. The summed E-state index contributed by atoms with van der Waals surface area (Å²) in [6.07, 6.45) is 12.4. The summed E-state index contributed by atoms with van der Waals surface area (Å²) >= 11 is 0. The van der Waals surface area contributed by atoms with Gasteiger partial charge in [-0.25, -0.2) is 9.98 Å². The van der Waals surface area contributed by atoms with Crippen LogP contribution in [0.2, 0.25) is 0 Å². The van der Waals surface area contributed by atoms with Crippen LogP contribution in [0.15, 0.2) is 121 Å². The molecule has 0 spiro atoms. The monoisotopic (exact) mass is 564 g/mol. The first kappa shape index (κ1) is 28.9. The summed E-state index contributed by atoms with van der Waals surface area (Å²) in [5, 5.41) is 22.4. The molecule has 0 saturated heterocycles. The minimum absolute atomic E-state index is 0.00408. The van der Waals surface area contributed by atoms with Crippen LogP contribution >= 0.6 is 0 Å². The number of nitrogens with zero attached hydrogens (tertiary/aromatic N) is 3. The number of fused-ring (bicyclic) bond motifs is 5. The second-order valence-electron chi connectivity index (χ2n) is 11.2. The van der Waals surface area contributed by atoms with Gasteiger partial charge in [-0.15, -0.1) is 6.58 Å². The lowest BCUT2D eigenvalue weighted by molar-refractivity contribution is -0.138. The zero-order valence-electron chi connectivity index (χ0n) is 24.5. The number of aliphatic imine (C=N–C) groups is 3. The van der Waals surface area contributed by atoms with Crippen LogP contribution in [-0.4, -0.2) is 39.3 Å². The van der Waals surface area contributed by atoms with E-state index >= 15 is 0 Å². The number of carboxylic acid groups (broad SMARTS) is 2. The second-order valence-corrected chi connectivity index (χ2v) is 11.2. The lowest BCUT2D eigenvalue weighted by Crippen LogP contribution is -2.12. The molecule has 0 saturated carbocycles. The maximum atomic E-state index is 11.5. The van der Waals surface area contributed by atoms with Gasteiger partial charge in [0, 0.05) is 53.3 Å². The highest BCUT2D eigenvalue weighted by molar-refractivity contribution is 6.16. The third-order valence-electron chi connectivity index (χ3n) is 8.71. The Morgan fingerprint density at radius 2 is 1.60 bits per heavy atom. The van der Waals surface area contributed by atoms with Gasteiger partial charge < -0.3 is 15.5 Å². The van der Waals surface area contributed by atoms with Gasteiger partial charge in [0.25, 0.3) is 0 Å². The number of hydrogen-bond acceptors (Lipinski definition) is 6. The molecule has 0 unspecified atom stereocenters. The van der Waals surface area contributed by atoms with Crippen molar-refractivity contribution in [2.45, 2.75) is 53.4 Å². The van der Waals surface area contributed by atoms with E-state index in [1.165, 1.54) is 0 Å². The smallest absolute Gasteiger partial charge is 0.303 e. The van der Waals surface area contributed by atoms with Crippen molar-refractivity contribution >= 4 is 29.1 Å². The number of hydrogen-bond donors (Lipinski definition) is 3. The maximum Gasteiger partial charge on any atom is 0.303 e. The van der Waals surface area contributed by atoms with Crippen LogP contribution in [0.25, 0.3) is 0 Å². The van der Waals surface area contributed by atoms with Gasteiger partial charge in [0.15, 0.2) is 0 Å². The maximum absolute atomic E-state index is 11.5. The highest BCUT2D eigenvalue weighted by Gasteiger charge is 2.33. The summed E-state index contributed by atoms with van der Waals surface area (Å²) < 4.78 is 0. The fourth-order valence-electron chi connectivity index (χ4n) is 6.14. The van der Waals surface area contributed by atoms with Gasteiger partial charge in [-0.1, -0.05) is 32.6 Å². The molecule has 216 valence electrons. The quantitative estimate of drug-likeness (QED) is 0.295. The Balaban J connectivity index is 1.75. The first-order valence-corrected chi connectivity index (χ1v) is 14.3. The van der Waals surface area contributed by atoms with Gasteiger partial charge in [-0.2, -0.15) is 0 Å². The Morgan fingerprint density at radius 1 is 0.905 bits per heavy atom. The topological polar surface area (TPSA) is 124 Å². The van der Waals surface area contributed by atoms with Crippen molar-refractivity contribution in [3.05, 3.63) is 106 Å². The molecule has 8 bridgehead atoms. The highest BCUT2D eigenvalue weighted by Crippen LogP contribution is 2.40. The van der Waals surface area contributed by atoms with Gasteiger partial charge in [-0.05, 0) is 73.3 Å². The first-order valence-electron chi connectivity index (χ1n) is 14.3. The molecule has 5 heterocycles. The van der Waals surface area contributed by atoms with E-state index in [4.69, 9.17) is 15.0 Å². The van der Waals surface area contributed by atoms with E-state index in [0.29, 0.717) is 18.5 Å². The summed E-state index contributed by atoms with van der Waals surface area (Å²) in [5.74, 6) is -1.76. The Hall–Kier alpha value is -4.59. The van der Waals surface area contributed by atoms with Crippen molar-refractivity contribution in [1.29, 1.82) is 0 Å². The molecule has 3 N–H and O–H groups in total. The molecule has 0 aromatic rings. The molecule has 0 aromatic heterocycles. The lowest BCUT2D eigenvalue weighted by Gasteiger charge is -2.12. The molecule has 0 radical (unpaired) electrons. The van der Waals surface area contributed by atoms with Crippen LogP contribution in [-0.2, 0) is 9.59 Å². The third-order valence-corrected chi connectivity index (χ3v) is 8.71. The third kappa shape index (κ3) is 5.24. The molecule has 5 rings (SSSR count). The van der Waals surface area contributed by atoms with Crippen molar-refractivity contribution in [2.24, 2.45) is 32.7 Å². The fraction of sp³-hybridized carbons (Fsp3) is 0.324. The van der Waals surface area contributed by atoms with Gasteiger partial charge in [-0.3, -0.25) is 14.6 Å². The van der Waals surface area contributed by atoms with Gasteiger partial charge in [0.1, 0.15) is 0 Å². The molecule has 0 aromatic carbocycles. The van der Waals surface area contributed by atoms with E-state index in [2.05, 4.69) is 32.3 Å². The van der Waals surface area contributed by atoms with Crippen molar-refractivity contribution < 1.29 is 19.8 Å². The largest absolute Gasteiger partial charge is 0.481 e. The molecule has 5 aliphatic heterocycles. The Labute approximate surface area is 246 Å². The van der Waals surface area contributed by atoms with Crippen LogP contribution in [0.4, 0.5) is 0 Å². The van der Waals surface area contributed by atoms with Crippen LogP contribution < -0.4 is 5.32 Å². The number of aliphatic carboxylic acids is 2. The summed E-state index contributed by atoms with van der Waals surface area (Å²) in [4.78, 5) is 38.0. The van der Waals surface area contributed by atoms with Crippen molar-refractivity contribution in [2.75, 3.05) is 0 Å². The van der Waals surface area contributed by atoms with E-state index < -0.39 is 11.9 Å². The normalized spacial score (nSPS) is 24.9. The predicted octanol–water partition coefficient (Wildman–Crippen LogP) is 6.38. The average molecular weight is 565 g/mol. The zero-order valence-corrected chi connectivity index (χ0v) is 24.5. The van der Waals surface area contributed by atoms with E-state index in [-0.39, 0.29) is 30.6 Å². The molecule has 8 heteroatoms. The highest BCUT2D eigenvalue weighted by atomic mass is 16.4. The zero-order chi connectivity index (χ0) is 30.3. The predicted molar refractivity (Wildman–Crippen MR) is 166 cm³/mol. The van der Waals surface area contributed by atoms with Crippen molar-refractivity contribution in [3.63, 3.8) is 0 Å². The van der Waals surface area contributed by atoms with E-state index in [9.17, 15) is 19.8 Å². The minimum Gasteiger partial charge on any atom is -0.481 e. The van der Waals surface area contributed by atoms with Gasteiger partial charge >= 0.3 is 11.9 Å². The van der Waals surface area contributed by atoms with Crippen LogP contribution in [0.3, 0.4) is 0 Å². The summed E-state index contributed by atoms with van der Waals surface area (Å²) in [7, 11) is 0. The molecule has 8 nitrogen and oxygen atoms in total. The SMILES string of the molecule is C=CC1=C(C)C2=CC3=NC(=CC4=NC(=CC5=C(CCC(=O)O)[C@H](C)C(=CC1=N2)N5)C(CCC(=O)O)=C4C)[C@H](C)[C@@H]3C=C. The molecule has 0 fully saturated rings. The summed E-state index contributed by atoms with van der Waals surface area (Å²) in [5.41, 5.74) is 11.1. The minimum atomic E-state index is -0.878. The van der Waals surface area contributed by atoms with Gasteiger partial charge in [0.2, 0.25) is 0 Å². The number of nitrogens with one attached hydrogen (secondary N) is 1. The Morgan fingerprint density at radius 3 is 2.26 bits per heavy atom. The number of rotatable bonds is 8. The van der Waals surface area contributed by atoms with E-state index in [0.717, 1.165) is 67.8 Å². The van der Waals surface area contributed by atoms with E-state index in [1.54, 1.807) is 0 Å². The summed E-state index contributed by atoms with van der Waals surface area (Å²) in [6.45, 7) is 16.3. The fourth-order valence-corrected chi connectivity index (χ4v) is 6.14. The molecule has 5 aliphatic rings. The molecule has 42 heavy (non-hydrogen) atoms. The molecular weight excluding hydrogens is 528 g/mol. The molecular formula is C34H36N4O4. The van der Waals surface area contributed by atoms with Crippen molar-refractivity contribution in [3.8, 4) is 0 Å². The number of carboxylic acids is 2. The average Bonchev–Trinajstić information content (AvgIpc) is 3.59. The lowest BCUT2D eigenvalue weighted by atomic mass is 9.89. The van der Waals surface area contributed by atoms with Crippen LogP contribution in [0, 0.1) is 17.8 Å². The number of allylic oxidation sites excluding steroid dienone is 12. The van der Waals surface area contributed by atoms with E-state index in [1.807, 2.05) is 50.3 Å².